The third-order valence-corrected chi connectivity index (χ3v) is 5.17. The predicted octanol–water partition coefficient (Wildman–Crippen LogP) is 6.62. The van der Waals surface area contributed by atoms with Gasteiger partial charge in [-0.3, -0.25) is 4.79 Å². The largest absolute Gasteiger partial charge is 0.298 e. The van der Waals surface area contributed by atoms with Crippen molar-refractivity contribution < 1.29 is 4.79 Å². The van der Waals surface area contributed by atoms with Crippen LogP contribution in [0.5, 0.6) is 0 Å². The van der Waals surface area contributed by atoms with Gasteiger partial charge >= 0.3 is 0 Å². The van der Waals surface area contributed by atoms with Gasteiger partial charge in [0.1, 0.15) is 0 Å². The van der Waals surface area contributed by atoms with E-state index < -0.39 is 0 Å². The highest BCUT2D eigenvalue weighted by Gasteiger charge is 2.21. The first-order chi connectivity index (χ1) is 12.3. The lowest BCUT2D eigenvalue weighted by atomic mass is 9.94. The summed E-state index contributed by atoms with van der Waals surface area (Å²) in [4.78, 5) is 11.5. The molecule has 25 heavy (non-hydrogen) atoms. The van der Waals surface area contributed by atoms with Gasteiger partial charge in [-0.1, -0.05) is 60.1 Å². The Morgan fingerprint density at radius 3 is 2.24 bits per heavy atom. The molecule has 0 spiro atoms. The van der Waals surface area contributed by atoms with Crippen LogP contribution in [0.1, 0.15) is 10.4 Å². The van der Waals surface area contributed by atoms with Gasteiger partial charge in [0.2, 0.25) is 0 Å². The summed E-state index contributed by atoms with van der Waals surface area (Å²) in [5.74, 6) is 0. The summed E-state index contributed by atoms with van der Waals surface area (Å²) >= 11 is 6.05. The maximum Gasteiger partial charge on any atom is 0.150 e. The molecule has 0 bridgehead atoms. The molecule has 2 heteroatoms. The van der Waals surface area contributed by atoms with Crippen LogP contribution in [0.4, 0.5) is 0 Å². The third-order valence-electron chi connectivity index (χ3n) is 4.94. The van der Waals surface area contributed by atoms with Crippen LogP contribution < -0.4 is 0 Å². The molecule has 0 N–H and O–H groups in total. The van der Waals surface area contributed by atoms with E-state index in [-0.39, 0.29) is 0 Å². The van der Waals surface area contributed by atoms with Crippen molar-refractivity contribution in [3.63, 3.8) is 0 Å². The van der Waals surface area contributed by atoms with Gasteiger partial charge in [-0.2, -0.15) is 0 Å². The zero-order valence-electron chi connectivity index (χ0n) is 13.3. The molecule has 0 fully saturated rings. The van der Waals surface area contributed by atoms with Crippen molar-refractivity contribution in [1.82, 2.24) is 0 Å². The Bertz CT molecular complexity index is 1170. The van der Waals surface area contributed by atoms with E-state index in [0.29, 0.717) is 10.6 Å². The summed E-state index contributed by atoms with van der Waals surface area (Å²) in [6.45, 7) is 0. The average molecular weight is 341 g/mol. The normalized spacial score (nSPS) is 11.6. The van der Waals surface area contributed by atoms with Crippen molar-refractivity contribution in [2.45, 2.75) is 0 Å². The van der Waals surface area contributed by atoms with Crippen LogP contribution in [0.3, 0.4) is 0 Å². The Labute approximate surface area is 150 Å². The second kappa shape index (κ2) is 5.30. The van der Waals surface area contributed by atoms with Crippen LogP contribution in [-0.2, 0) is 0 Å². The number of aldehydes is 1. The van der Waals surface area contributed by atoms with Gasteiger partial charge in [0.25, 0.3) is 0 Å². The Morgan fingerprint density at radius 2 is 1.44 bits per heavy atom. The van der Waals surface area contributed by atoms with Gasteiger partial charge in [-0.25, -0.2) is 0 Å². The molecule has 0 aliphatic heterocycles. The van der Waals surface area contributed by atoms with Gasteiger partial charge < -0.3 is 0 Å². The quantitative estimate of drug-likeness (QED) is 0.330. The smallest absolute Gasteiger partial charge is 0.150 e. The fourth-order valence-corrected chi connectivity index (χ4v) is 4.05. The van der Waals surface area contributed by atoms with E-state index in [1.54, 1.807) is 6.07 Å². The summed E-state index contributed by atoms with van der Waals surface area (Å²) in [6.07, 6.45) is 0.870. The fourth-order valence-electron chi connectivity index (χ4n) is 3.87. The van der Waals surface area contributed by atoms with Crippen molar-refractivity contribution in [3.8, 4) is 33.4 Å². The van der Waals surface area contributed by atoms with Crippen molar-refractivity contribution in [1.29, 1.82) is 0 Å². The van der Waals surface area contributed by atoms with Gasteiger partial charge in [-0.05, 0) is 68.4 Å². The lowest BCUT2D eigenvalue weighted by Gasteiger charge is -2.10. The van der Waals surface area contributed by atoms with Crippen molar-refractivity contribution in [3.05, 3.63) is 83.4 Å². The molecule has 0 saturated carbocycles. The lowest BCUT2D eigenvalue weighted by molar-refractivity contribution is 0.112. The maximum atomic E-state index is 11.5. The van der Waals surface area contributed by atoms with E-state index >= 15 is 0 Å². The minimum Gasteiger partial charge on any atom is -0.298 e. The van der Waals surface area contributed by atoms with E-state index in [4.69, 9.17) is 11.6 Å². The van der Waals surface area contributed by atoms with E-state index in [1.807, 2.05) is 12.1 Å². The molecule has 1 aliphatic rings. The Morgan fingerprint density at radius 1 is 0.680 bits per heavy atom. The highest BCUT2D eigenvalue weighted by atomic mass is 35.5. The number of benzene rings is 4. The summed E-state index contributed by atoms with van der Waals surface area (Å²) in [7, 11) is 0. The van der Waals surface area contributed by atoms with E-state index in [9.17, 15) is 4.79 Å². The highest BCUT2D eigenvalue weighted by molar-refractivity contribution is 6.31. The molecule has 0 heterocycles. The molecular formula is C23H13ClO. The molecule has 0 amide bonds. The summed E-state index contributed by atoms with van der Waals surface area (Å²) in [5, 5.41) is 3.05. The summed E-state index contributed by atoms with van der Waals surface area (Å²) in [5.41, 5.74) is 7.58. The molecule has 0 aromatic heterocycles. The van der Waals surface area contributed by atoms with E-state index in [1.165, 1.54) is 33.0 Å². The van der Waals surface area contributed by atoms with Crippen LogP contribution in [0, 0.1) is 0 Å². The number of halogens is 1. The number of hydrogen-bond acceptors (Lipinski definition) is 1. The zero-order chi connectivity index (χ0) is 17.0. The summed E-state index contributed by atoms with van der Waals surface area (Å²) < 4.78 is 0. The van der Waals surface area contributed by atoms with E-state index in [0.717, 1.165) is 17.4 Å². The van der Waals surface area contributed by atoms with Gasteiger partial charge in [0.15, 0.2) is 6.29 Å². The molecule has 4 aromatic rings. The minimum atomic E-state index is 0.573. The van der Waals surface area contributed by atoms with Crippen molar-refractivity contribution in [2.24, 2.45) is 0 Å². The number of carbonyl (C=O) groups excluding carboxylic acids is 1. The number of hydrogen-bond donors (Lipinski definition) is 0. The second-order valence-electron chi connectivity index (χ2n) is 6.32. The molecule has 118 valence electrons. The second-order valence-corrected chi connectivity index (χ2v) is 6.76. The van der Waals surface area contributed by atoms with Crippen LogP contribution >= 0.6 is 11.6 Å². The fraction of sp³-hybridized carbons (Fsp3) is 0. The zero-order valence-corrected chi connectivity index (χ0v) is 14.0. The molecule has 1 aliphatic carbocycles. The maximum absolute atomic E-state index is 11.5. The van der Waals surface area contributed by atoms with Crippen LogP contribution in [0.2, 0.25) is 5.02 Å². The van der Waals surface area contributed by atoms with Crippen molar-refractivity contribution in [2.75, 3.05) is 0 Å². The average Bonchev–Trinajstić information content (AvgIpc) is 2.97. The topological polar surface area (TPSA) is 17.1 Å². The minimum absolute atomic E-state index is 0.573. The Balaban J connectivity index is 1.86. The molecule has 0 unspecified atom stereocenters. The van der Waals surface area contributed by atoms with Crippen LogP contribution in [0.15, 0.2) is 72.8 Å². The number of rotatable bonds is 2. The molecule has 0 atom stereocenters. The van der Waals surface area contributed by atoms with E-state index in [2.05, 4.69) is 54.6 Å². The molecule has 5 rings (SSSR count). The van der Waals surface area contributed by atoms with Crippen LogP contribution in [0.25, 0.3) is 44.2 Å². The van der Waals surface area contributed by atoms with Gasteiger partial charge in [0, 0.05) is 10.6 Å². The highest BCUT2D eigenvalue weighted by Crippen LogP contribution is 2.48. The van der Waals surface area contributed by atoms with Crippen LogP contribution in [-0.4, -0.2) is 6.29 Å². The molecule has 0 radical (unpaired) electrons. The standard InChI is InChI=1S/C23H13ClO/c24-17-8-9-18(16(11-17)13-25)15-10-14-4-3-7-21-19-5-1-2-6-20(19)22(12-15)23(14)21/h1-13H. The molecule has 4 aromatic carbocycles. The Hall–Kier alpha value is -2.90. The molecule has 0 saturated heterocycles. The molecule has 1 nitrogen and oxygen atoms in total. The summed E-state index contributed by atoms with van der Waals surface area (Å²) in [6, 6.07) is 24.7. The molecular weight excluding hydrogens is 328 g/mol. The first kappa shape index (κ1) is 14.4. The predicted molar refractivity (Wildman–Crippen MR) is 104 cm³/mol. The van der Waals surface area contributed by atoms with Gasteiger partial charge in [-0.15, -0.1) is 0 Å². The Kier molecular flexibility index (Phi) is 3.06. The first-order valence-corrected chi connectivity index (χ1v) is 8.56. The monoisotopic (exact) mass is 340 g/mol. The number of carbonyl (C=O) groups is 1. The van der Waals surface area contributed by atoms with Crippen molar-refractivity contribution >= 4 is 28.7 Å². The lowest BCUT2D eigenvalue weighted by Crippen LogP contribution is -1.89. The SMILES string of the molecule is O=Cc1cc(Cl)ccc1-c1cc2c3c(cccc3c1)-c1ccccc1-2. The number of fused-ring (bicyclic) bond motifs is 3. The van der Waals surface area contributed by atoms with Gasteiger partial charge in [0.05, 0.1) is 0 Å². The first-order valence-electron chi connectivity index (χ1n) is 8.18. The third kappa shape index (κ3) is 2.06.